The maximum Gasteiger partial charge on any atom is 0.325 e. The number of rotatable bonds is 4. The van der Waals surface area contributed by atoms with Gasteiger partial charge in [-0.1, -0.05) is 30.3 Å². The summed E-state index contributed by atoms with van der Waals surface area (Å²) in [6.07, 6.45) is 0. The number of hydrogen-bond donors (Lipinski definition) is 3. The van der Waals surface area contributed by atoms with E-state index in [1.165, 1.54) is 0 Å². The molecule has 0 saturated heterocycles. The molecule has 3 amide bonds. The van der Waals surface area contributed by atoms with Crippen LogP contribution >= 0.6 is 0 Å². The third-order valence-corrected chi connectivity index (χ3v) is 3.64. The SMILES string of the molecule is Cc1cccc(NC(C)C(=O)NC(=O)Nc2ccccc2)c1C. The molecule has 2 rings (SSSR count). The third-order valence-electron chi connectivity index (χ3n) is 3.64. The number of para-hydroxylation sites is 1. The molecule has 0 aliphatic rings. The summed E-state index contributed by atoms with van der Waals surface area (Å²) in [6, 6.07) is 13.7. The van der Waals surface area contributed by atoms with Gasteiger partial charge in [0.15, 0.2) is 0 Å². The lowest BCUT2D eigenvalue weighted by molar-refractivity contribution is -0.120. The second-order valence-corrected chi connectivity index (χ2v) is 5.42. The van der Waals surface area contributed by atoms with E-state index in [2.05, 4.69) is 16.0 Å². The van der Waals surface area contributed by atoms with E-state index < -0.39 is 12.1 Å². The summed E-state index contributed by atoms with van der Waals surface area (Å²) in [6.45, 7) is 5.72. The first-order chi connectivity index (χ1) is 11.0. The summed E-state index contributed by atoms with van der Waals surface area (Å²) in [5.41, 5.74) is 3.74. The Labute approximate surface area is 136 Å². The highest BCUT2D eigenvalue weighted by atomic mass is 16.2. The van der Waals surface area contributed by atoms with Crippen molar-refractivity contribution in [2.75, 3.05) is 10.6 Å². The average Bonchev–Trinajstić information content (AvgIpc) is 2.52. The van der Waals surface area contributed by atoms with Gasteiger partial charge in [-0.2, -0.15) is 0 Å². The number of benzene rings is 2. The topological polar surface area (TPSA) is 70.2 Å². The Bertz CT molecular complexity index is 699. The molecule has 5 heteroatoms. The molecule has 0 aliphatic carbocycles. The molecule has 0 aromatic heterocycles. The minimum atomic E-state index is -0.546. The number of amides is 3. The molecular weight excluding hydrogens is 290 g/mol. The maximum atomic E-state index is 12.1. The van der Waals surface area contributed by atoms with E-state index in [4.69, 9.17) is 0 Å². The quantitative estimate of drug-likeness (QED) is 0.810. The number of hydrogen-bond acceptors (Lipinski definition) is 3. The van der Waals surface area contributed by atoms with Crippen LogP contribution in [0.5, 0.6) is 0 Å². The molecule has 120 valence electrons. The predicted octanol–water partition coefficient (Wildman–Crippen LogP) is 3.45. The summed E-state index contributed by atoms with van der Waals surface area (Å²) in [5.74, 6) is -0.390. The fraction of sp³-hybridized carbons (Fsp3) is 0.222. The molecule has 0 radical (unpaired) electrons. The van der Waals surface area contributed by atoms with Crippen LogP contribution in [0.15, 0.2) is 48.5 Å². The van der Waals surface area contributed by atoms with Gasteiger partial charge >= 0.3 is 6.03 Å². The van der Waals surface area contributed by atoms with Crippen LogP contribution in [0.1, 0.15) is 18.1 Å². The summed E-state index contributed by atoms with van der Waals surface area (Å²) >= 11 is 0. The minimum Gasteiger partial charge on any atom is -0.374 e. The molecule has 2 aromatic carbocycles. The summed E-state index contributed by atoms with van der Waals surface area (Å²) in [7, 11) is 0. The number of carbonyl (C=O) groups excluding carboxylic acids is 2. The van der Waals surface area contributed by atoms with Crippen molar-refractivity contribution >= 4 is 23.3 Å². The molecule has 0 spiro atoms. The zero-order valence-corrected chi connectivity index (χ0v) is 13.5. The first kappa shape index (κ1) is 16.5. The Morgan fingerprint density at radius 3 is 2.35 bits per heavy atom. The van der Waals surface area contributed by atoms with E-state index in [0.717, 1.165) is 16.8 Å². The molecule has 5 nitrogen and oxygen atoms in total. The fourth-order valence-electron chi connectivity index (χ4n) is 2.11. The lowest BCUT2D eigenvalue weighted by atomic mass is 10.1. The first-order valence-electron chi connectivity index (χ1n) is 7.47. The van der Waals surface area contributed by atoms with Crippen LogP contribution in [-0.2, 0) is 4.79 Å². The van der Waals surface area contributed by atoms with E-state index in [9.17, 15) is 9.59 Å². The highest BCUT2D eigenvalue weighted by Crippen LogP contribution is 2.18. The summed E-state index contributed by atoms with van der Waals surface area (Å²) < 4.78 is 0. The van der Waals surface area contributed by atoms with Crippen molar-refractivity contribution in [1.82, 2.24) is 5.32 Å². The third kappa shape index (κ3) is 4.57. The van der Waals surface area contributed by atoms with E-state index >= 15 is 0 Å². The molecule has 1 unspecified atom stereocenters. The molecule has 0 fully saturated rings. The standard InChI is InChI=1S/C18H21N3O2/c1-12-8-7-11-16(13(12)2)19-14(3)17(22)21-18(23)20-15-9-5-4-6-10-15/h4-11,14,19H,1-3H3,(H2,20,21,22,23). The number of urea groups is 1. The normalized spacial score (nSPS) is 11.4. The Hall–Kier alpha value is -2.82. The average molecular weight is 311 g/mol. The molecule has 3 N–H and O–H groups in total. The molecule has 2 aromatic rings. The number of anilines is 2. The van der Waals surface area contributed by atoms with Gasteiger partial charge in [-0.15, -0.1) is 0 Å². The summed E-state index contributed by atoms with van der Waals surface area (Å²) in [4.78, 5) is 23.9. The highest BCUT2D eigenvalue weighted by Gasteiger charge is 2.16. The lowest BCUT2D eigenvalue weighted by Gasteiger charge is -2.17. The van der Waals surface area contributed by atoms with Crippen LogP contribution in [0.2, 0.25) is 0 Å². The van der Waals surface area contributed by atoms with E-state index in [0.29, 0.717) is 5.69 Å². The van der Waals surface area contributed by atoms with Crippen LogP contribution < -0.4 is 16.0 Å². The molecule has 0 aliphatic heterocycles. The van der Waals surface area contributed by atoms with Crippen LogP contribution in [-0.4, -0.2) is 18.0 Å². The highest BCUT2D eigenvalue weighted by molar-refractivity contribution is 6.03. The van der Waals surface area contributed by atoms with Gasteiger partial charge in [-0.3, -0.25) is 10.1 Å². The van der Waals surface area contributed by atoms with Gasteiger partial charge in [-0.25, -0.2) is 4.79 Å². The molecule has 0 bridgehead atoms. The first-order valence-corrected chi connectivity index (χ1v) is 7.47. The van der Waals surface area contributed by atoms with Crippen molar-refractivity contribution in [2.45, 2.75) is 26.8 Å². The smallest absolute Gasteiger partial charge is 0.325 e. The lowest BCUT2D eigenvalue weighted by Crippen LogP contribution is -2.43. The number of nitrogens with one attached hydrogen (secondary N) is 3. The van der Waals surface area contributed by atoms with Gasteiger partial charge < -0.3 is 10.6 Å². The minimum absolute atomic E-state index is 0.390. The molecular formula is C18H21N3O2. The largest absolute Gasteiger partial charge is 0.374 e. The van der Waals surface area contributed by atoms with Gasteiger partial charge in [0.25, 0.3) is 0 Å². The fourth-order valence-corrected chi connectivity index (χ4v) is 2.11. The number of aryl methyl sites for hydroxylation is 1. The van der Waals surface area contributed by atoms with Gasteiger partial charge in [0.2, 0.25) is 5.91 Å². The van der Waals surface area contributed by atoms with Gasteiger partial charge in [0.1, 0.15) is 6.04 Å². The van der Waals surface area contributed by atoms with Gasteiger partial charge in [0.05, 0.1) is 0 Å². The Morgan fingerprint density at radius 2 is 1.65 bits per heavy atom. The Morgan fingerprint density at radius 1 is 0.957 bits per heavy atom. The second kappa shape index (κ2) is 7.45. The van der Waals surface area contributed by atoms with Crippen molar-refractivity contribution < 1.29 is 9.59 Å². The monoisotopic (exact) mass is 311 g/mol. The molecule has 0 heterocycles. The molecule has 23 heavy (non-hydrogen) atoms. The van der Waals surface area contributed by atoms with Gasteiger partial charge in [-0.05, 0) is 50.1 Å². The van der Waals surface area contributed by atoms with Crippen LogP contribution in [0.3, 0.4) is 0 Å². The second-order valence-electron chi connectivity index (χ2n) is 5.42. The zero-order valence-electron chi connectivity index (χ0n) is 13.5. The molecule has 0 saturated carbocycles. The predicted molar refractivity (Wildman–Crippen MR) is 92.6 cm³/mol. The summed E-state index contributed by atoms with van der Waals surface area (Å²) in [5, 5.41) is 8.07. The van der Waals surface area contributed by atoms with Crippen molar-refractivity contribution in [3.63, 3.8) is 0 Å². The Kier molecular flexibility index (Phi) is 5.36. The van der Waals surface area contributed by atoms with E-state index in [1.54, 1.807) is 19.1 Å². The zero-order chi connectivity index (χ0) is 16.8. The van der Waals surface area contributed by atoms with E-state index in [-0.39, 0.29) is 5.91 Å². The number of imide groups is 1. The van der Waals surface area contributed by atoms with Crippen molar-refractivity contribution in [3.8, 4) is 0 Å². The van der Waals surface area contributed by atoms with Gasteiger partial charge in [0, 0.05) is 11.4 Å². The van der Waals surface area contributed by atoms with Crippen LogP contribution in [0.25, 0.3) is 0 Å². The van der Waals surface area contributed by atoms with E-state index in [1.807, 2.05) is 50.2 Å². The van der Waals surface area contributed by atoms with Crippen LogP contribution in [0, 0.1) is 13.8 Å². The molecule has 1 atom stereocenters. The number of carbonyl (C=O) groups is 2. The van der Waals surface area contributed by atoms with Crippen molar-refractivity contribution in [1.29, 1.82) is 0 Å². The Balaban J connectivity index is 1.92. The van der Waals surface area contributed by atoms with Crippen molar-refractivity contribution in [3.05, 3.63) is 59.7 Å². The maximum absolute atomic E-state index is 12.1. The van der Waals surface area contributed by atoms with Crippen molar-refractivity contribution in [2.24, 2.45) is 0 Å². The van der Waals surface area contributed by atoms with Crippen LogP contribution in [0.4, 0.5) is 16.2 Å².